The lowest BCUT2D eigenvalue weighted by atomic mass is 10.1. The highest BCUT2D eigenvalue weighted by molar-refractivity contribution is 6.04. The molecular weight excluding hydrogens is 274 g/mol. The third-order valence-electron chi connectivity index (χ3n) is 3.34. The molecule has 7 heteroatoms. The predicted octanol–water partition coefficient (Wildman–Crippen LogP) is 1.94. The Hall–Kier alpha value is -2.67. The Balaban J connectivity index is 1.95. The highest BCUT2D eigenvalue weighted by Crippen LogP contribution is 2.25. The van der Waals surface area contributed by atoms with E-state index in [-0.39, 0.29) is 11.7 Å². The number of hydrogen-bond donors (Lipinski definition) is 1. The van der Waals surface area contributed by atoms with Gasteiger partial charge in [-0.1, -0.05) is 18.2 Å². The van der Waals surface area contributed by atoms with Crippen molar-refractivity contribution in [3.05, 3.63) is 57.8 Å². The summed E-state index contributed by atoms with van der Waals surface area (Å²) < 4.78 is 5.01. The Morgan fingerprint density at radius 2 is 2.10 bits per heavy atom. The van der Waals surface area contributed by atoms with Crippen LogP contribution in [0.3, 0.4) is 0 Å². The summed E-state index contributed by atoms with van der Waals surface area (Å²) in [7, 11) is 0. The maximum absolute atomic E-state index is 12.5. The van der Waals surface area contributed by atoms with Crippen molar-refractivity contribution in [2.45, 2.75) is 6.54 Å². The number of para-hydroxylation sites is 1. The molecule has 2 aromatic rings. The van der Waals surface area contributed by atoms with Gasteiger partial charge in [-0.05, 0) is 17.7 Å². The van der Waals surface area contributed by atoms with E-state index >= 15 is 0 Å². The summed E-state index contributed by atoms with van der Waals surface area (Å²) in [5, 5.41) is 13.9. The number of anilines is 1. The van der Waals surface area contributed by atoms with Gasteiger partial charge in [0.25, 0.3) is 5.91 Å². The van der Waals surface area contributed by atoms with Crippen LogP contribution in [0.25, 0.3) is 0 Å². The van der Waals surface area contributed by atoms with Crippen LogP contribution in [0.2, 0.25) is 0 Å². The molecule has 1 aromatic heterocycles. The number of nitrogens with one attached hydrogen (secondary N) is 1. The van der Waals surface area contributed by atoms with Gasteiger partial charge in [-0.15, -0.1) is 0 Å². The second-order valence-electron chi connectivity index (χ2n) is 4.66. The topological polar surface area (TPSA) is 88.6 Å². The summed E-state index contributed by atoms with van der Waals surface area (Å²) in [6.45, 7) is 1.80. The highest BCUT2D eigenvalue weighted by atomic mass is 16.6. The number of benzene rings is 1. The first-order valence-electron chi connectivity index (χ1n) is 6.51. The van der Waals surface area contributed by atoms with E-state index in [1.165, 1.54) is 12.1 Å². The summed E-state index contributed by atoms with van der Waals surface area (Å²) in [6, 6.07) is 10.1. The molecule has 0 atom stereocenters. The minimum absolute atomic E-state index is 0.0293. The van der Waals surface area contributed by atoms with E-state index in [0.29, 0.717) is 19.6 Å². The predicted molar refractivity (Wildman–Crippen MR) is 75.2 cm³/mol. The van der Waals surface area contributed by atoms with Gasteiger partial charge in [0.15, 0.2) is 5.76 Å². The molecular formula is C14H13N3O4. The van der Waals surface area contributed by atoms with Gasteiger partial charge in [-0.2, -0.15) is 0 Å². The lowest BCUT2D eigenvalue weighted by Crippen LogP contribution is -2.34. The Labute approximate surface area is 120 Å². The minimum atomic E-state index is -0.658. The van der Waals surface area contributed by atoms with E-state index in [1.807, 2.05) is 24.3 Å². The zero-order valence-electron chi connectivity index (χ0n) is 11.1. The maximum atomic E-state index is 12.5. The second kappa shape index (κ2) is 5.37. The van der Waals surface area contributed by atoms with Crippen molar-refractivity contribution in [1.82, 2.24) is 5.32 Å². The van der Waals surface area contributed by atoms with E-state index in [0.717, 1.165) is 11.3 Å². The molecule has 1 aliphatic rings. The van der Waals surface area contributed by atoms with Crippen molar-refractivity contribution < 1.29 is 14.1 Å². The van der Waals surface area contributed by atoms with Gasteiger partial charge in [0.1, 0.15) is 4.92 Å². The number of furan rings is 1. The minimum Gasteiger partial charge on any atom is -0.395 e. The number of carbonyl (C=O) groups excluding carboxylic acids is 1. The maximum Gasteiger partial charge on any atom is 0.433 e. The average Bonchev–Trinajstić information content (AvgIpc) is 2.88. The first-order valence-corrected chi connectivity index (χ1v) is 6.51. The SMILES string of the molecule is O=C(c1ccc([N+](=O)[O-])o1)N1CCNCc2ccccc21. The first-order chi connectivity index (χ1) is 10.2. The average molecular weight is 287 g/mol. The van der Waals surface area contributed by atoms with E-state index in [4.69, 9.17) is 4.42 Å². The molecule has 0 saturated heterocycles. The standard InChI is InChI=1S/C14H13N3O4/c18-14(12-5-6-13(21-12)17(19)20)16-8-7-15-9-10-3-1-2-4-11(10)16/h1-6,15H,7-9H2. The van der Waals surface area contributed by atoms with Gasteiger partial charge >= 0.3 is 5.88 Å². The molecule has 1 aliphatic heterocycles. The van der Waals surface area contributed by atoms with Gasteiger partial charge in [0.05, 0.1) is 6.07 Å². The van der Waals surface area contributed by atoms with E-state index in [2.05, 4.69) is 5.32 Å². The number of hydrogen-bond acceptors (Lipinski definition) is 5. The molecule has 0 bridgehead atoms. The fourth-order valence-corrected chi connectivity index (χ4v) is 2.34. The van der Waals surface area contributed by atoms with Crippen LogP contribution in [0.5, 0.6) is 0 Å². The molecule has 0 radical (unpaired) electrons. The zero-order valence-corrected chi connectivity index (χ0v) is 11.1. The number of fused-ring (bicyclic) bond motifs is 1. The summed E-state index contributed by atoms with van der Waals surface area (Å²) in [5.41, 5.74) is 1.80. The highest BCUT2D eigenvalue weighted by Gasteiger charge is 2.26. The summed E-state index contributed by atoms with van der Waals surface area (Å²) in [6.07, 6.45) is 0. The number of nitrogens with zero attached hydrogens (tertiary/aromatic N) is 2. The summed E-state index contributed by atoms with van der Waals surface area (Å²) in [4.78, 5) is 24.1. The molecule has 0 spiro atoms. The normalized spacial score (nSPS) is 14.4. The third-order valence-corrected chi connectivity index (χ3v) is 3.34. The fraction of sp³-hybridized carbons (Fsp3) is 0.214. The number of carbonyl (C=O) groups is 1. The van der Waals surface area contributed by atoms with E-state index in [9.17, 15) is 14.9 Å². The Morgan fingerprint density at radius 1 is 1.29 bits per heavy atom. The van der Waals surface area contributed by atoms with Gasteiger partial charge in [-0.25, -0.2) is 0 Å². The number of rotatable bonds is 2. The summed E-state index contributed by atoms with van der Waals surface area (Å²) in [5.74, 6) is -0.836. The monoisotopic (exact) mass is 287 g/mol. The molecule has 2 heterocycles. The molecule has 0 aliphatic carbocycles. The molecule has 1 N–H and O–H groups in total. The molecule has 3 rings (SSSR count). The Bertz CT molecular complexity index is 695. The molecule has 7 nitrogen and oxygen atoms in total. The molecule has 108 valence electrons. The van der Waals surface area contributed by atoms with Crippen LogP contribution in [0.1, 0.15) is 16.1 Å². The molecule has 1 amide bonds. The Morgan fingerprint density at radius 3 is 2.86 bits per heavy atom. The van der Waals surface area contributed by atoms with Crippen molar-refractivity contribution in [2.24, 2.45) is 0 Å². The number of amides is 1. The lowest BCUT2D eigenvalue weighted by Gasteiger charge is -2.21. The lowest BCUT2D eigenvalue weighted by molar-refractivity contribution is -0.402. The van der Waals surface area contributed by atoms with Crippen molar-refractivity contribution >= 4 is 17.5 Å². The second-order valence-corrected chi connectivity index (χ2v) is 4.66. The molecule has 0 unspecified atom stereocenters. The molecule has 1 aromatic carbocycles. The summed E-state index contributed by atoms with van der Waals surface area (Å²) >= 11 is 0. The first kappa shape index (κ1) is 13.3. The van der Waals surface area contributed by atoms with Crippen LogP contribution >= 0.6 is 0 Å². The number of nitro groups is 1. The smallest absolute Gasteiger partial charge is 0.395 e. The Kier molecular flexibility index (Phi) is 3.41. The van der Waals surface area contributed by atoms with Crippen molar-refractivity contribution in [1.29, 1.82) is 0 Å². The van der Waals surface area contributed by atoms with Crippen LogP contribution in [-0.4, -0.2) is 23.9 Å². The zero-order chi connectivity index (χ0) is 14.8. The third kappa shape index (κ3) is 2.50. The van der Waals surface area contributed by atoms with Crippen molar-refractivity contribution in [2.75, 3.05) is 18.0 Å². The molecule has 21 heavy (non-hydrogen) atoms. The van der Waals surface area contributed by atoms with Gasteiger partial charge in [0.2, 0.25) is 0 Å². The van der Waals surface area contributed by atoms with Crippen LogP contribution in [0, 0.1) is 10.1 Å². The van der Waals surface area contributed by atoms with Crippen LogP contribution in [-0.2, 0) is 6.54 Å². The largest absolute Gasteiger partial charge is 0.433 e. The van der Waals surface area contributed by atoms with Gasteiger partial charge in [-0.3, -0.25) is 14.9 Å². The van der Waals surface area contributed by atoms with Crippen molar-refractivity contribution in [3.8, 4) is 0 Å². The molecule has 0 fully saturated rings. The van der Waals surface area contributed by atoms with Gasteiger partial charge in [0, 0.05) is 25.3 Å². The van der Waals surface area contributed by atoms with Crippen molar-refractivity contribution in [3.63, 3.8) is 0 Å². The molecule has 0 saturated carbocycles. The fourth-order valence-electron chi connectivity index (χ4n) is 2.34. The van der Waals surface area contributed by atoms with Crippen LogP contribution < -0.4 is 10.2 Å². The van der Waals surface area contributed by atoms with E-state index < -0.39 is 10.8 Å². The van der Waals surface area contributed by atoms with E-state index in [1.54, 1.807) is 4.90 Å². The van der Waals surface area contributed by atoms with Crippen LogP contribution in [0.4, 0.5) is 11.6 Å². The van der Waals surface area contributed by atoms with Gasteiger partial charge < -0.3 is 14.6 Å². The van der Waals surface area contributed by atoms with Crippen LogP contribution in [0.15, 0.2) is 40.8 Å². The quantitative estimate of drug-likeness (QED) is 0.673.